The molecule has 0 saturated carbocycles. The Morgan fingerprint density at radius 1 is 0.156 bits per heavy atom. The lowest BCUT2D eigenvalue weighted by atomic mass is 9.85. The molecule has 0 aromatic heterocycles. The second kappa shape index (κ2) is 44.2. The highest BCUT2D eigenvalue weighted by Gasteiger charge is 2.21. The van der Waals surface area contributed by atoms with Gasteiger partial charge in [0.15, 0.2) is 0 Å². The summed E-state index contributed by atoms with van der Waals surface area (Å²) in [5.41, 5.74) is 43.3. The highest BCUT2D eigenvalue weighted by Crippen LogP contribution is 2.47. The number of hydrogen-bond acceptors (Lipinski definition) is 1. The molecule has 20 aromatic rings. The third-order valence-corrected chi connectivity index (χ3v) is 27.4. The number of benzene rings is 20. The molecule has 0 N–H and O–H groups in total. The molecular weight excluding hydrogens is 1700 g/mol. The van der Waals surface area contributed by atoms with Crippen LogP contribution in [0.4, 0.5) is 17.1 Å². The molecule has 0 aliphatic heterocycles. The van der Waals surface area contributed by atoms with Gasteiger partial charge in [-0.2, -0.15) is 0 Å². The van der Waals surface area contributed by atoms with Gasteiger partial charge in [-0.05, 0) is 357 Å². The number of rotatable bonds is 31. The molecule has 0 spiro atoms. The van der Waals surface area contributed by atoms with E-state index in [1.807, 2.05) is 60.8 Å². The first kappa shape index (κ1) is 94.0. The molecule has 0 heterocycles. The Morgan fingerprint density at radius 2 is 0.305 bits per heavy atom. The van der Waals surface area contributed by atoms with Crippen LogP contribution in [-0.4, -0.2) is 0 Å². The molecule has 141 heavy (non-hydrogen) atoms. The third kappa shape index (κ3) is 21.9. The fraction of sp³-hybridized carbons (Fsp3) is 0.0571. The van der Waals surface area contributed by atoms with Gasteiger partial charge in [0.25, 0.3) is 0 Å². The van der Waals surface area contributed by atoms with E-state index < -0.39 is 0 Å². The monoisotopic (exact) mass is 1810 g/mol. The van der Waals surface area contributed by atoms with E-state index in [9.17, 15) is 0 Å². The van der Waals surface area contributed by atoms with Gasteiger partial charge in [0.2, 0.25) is 0 Å². The summed E-state index contributed by atoms with van der Waals surface area (Å²) in [7, 11) is 0. The van der Waals surface area contributed by atoms with Gasteiger partial charge in [0.05, 0.1) is 0 Å². The van der Waals surface area contributed by atoms with E-state index in [2.05, 4.69) is 490 Å². The lowest BCUT2D eigenvalue weighted by Crippen LogP contribution is -2.10. The van der Waals surface area contributed by atoms with Crippen LogP contribution < -0.4 is 4.90 Å². The highest BCUT2D eigenvalue weighted by atomic mass is 15.1. The van der Waals surface area contributed by atoms with Crippen LogP contribution in [0.1, 0.15) is 102 Å². The molecule has 0 amide bonds. The molecule has 1 heteroatoms. The number of fused-ring (bicyclic) bond motifs is 4. The number of hydrogen-bond donors (Lipinski definition) is 0. The molecular formula is C140H115N. The zero-order chi connectivity index (χ0) is 97.1. The van der Waals surface area contributed by atoms with Gasteiger partial charge in [-0.3, -0.25) is 0 Å². The van der Waals surface area contributed by atoms with E-state index in [0.717, 1.165) is 118 Å². The summed E-state index contributed by atoms with van der Waals surface area (Å²) >= 11 is 0. The average molecular weight is 1810 g/mol. The van der Waals surface area contributed by atoms with Gasteiger partial charge in [0.1, 0.15) is 0 Å². The van der Waals surface area contributed by atoms with Crippen molar-refractivity contribution in [3.63, 3.8) is 0 Å². The van der Waals surface area contributed by atoms with E-state index in [-0.39, 0.29) is 0 Å². The van der Waals surface area contributed by atoms with Crippen LogP contribution in [0.2, 0.25) is 0 Å². The second-order valence-corrected chi connectivity index (χ2v) is 36.1. The normalized spacial score (nSPS) is 10.9. The molecule has 0 unspecified atom stereocenters. The van der Waals surface area contributed by atoms with E-state index in [4.69, 9.17) is 0 Å². The van der Waals surface area contributed by atoms with Crippen LogP contribution >= 0.6 is 0 Å². The summed E-state index contributed by atoms with van der Waals surface area (Å²) in [6.45, 7) is 41.4. The molecule has 0 bridgehead atoms. The van der Waals surface area contributed by atoms with E-state index in [1.54, 1.807) is 0 Å². The van der Waals surface area contributed by atoms with Gasteiger partial charge in [-0.1, -0.05) is 461 Å². The van der Waals surface area contributed by atoms with Crippen LogP contribution in [0.15, 0.2) is 478 Å². The zero-order valence-electron chi connectivity index (χ0n) is 80.5. The standard InChI is InChI=1S/C48H45N.C46H34.C46H36/c1-4-37-7-13-40(14-8-37)19-22-43-25-31-46(32-26-43)49(47-33-27-44(28-34-47)23-20-41-15-9-38(5-2)10-16-41)48-35-29-45(30-36-48)24-21-42-17-11-39(6-3)12-18-42;1-5-31-9-17-35(18-10-31)43-27-39-25-41-29-45(37-21-13-33(7-3)14-22-37)46(38-23-15-34(8-4)16-24-38)30-42(41)26-40(39)28-44(43)36-19-11-32(6-2)12-20-36;1-5-31-9-17-35(18-10-31)39-25-26-40(36-19-11-32(6-2)12-20-36)44-30-46-42(38-23-15-34(8-4)16-24-38)28-27-41(45(46)29-43(39)44)37-21-13-33(7-3)14-22-37/h4-18,25-36H,1-3,19-24H2;5-30H,1-4H2;5-7,9-30H,1-3,8H2,4H3. The van der Waals surface area contributed by atoms with Crippen LogP contribution in [-0.2, 0) is 44.9 Å². The summed E-state index contributed by atoms with van der Waals surface area (Å²) in [6.07, 6.45) is 26.0. The smallest absolute Gasteiger partial charge is 0.0461 e. The predicted molar refractivity (Wildman–Crippen MR) is 619 cm³/mol. The van der Waals surface area contributed by atoms with Gasteiger partial charge in [0, 0.05) is 17.1 Å². The van der Waals surface area contributed by atoms with Crippen molar-refractivity contribution in [3.05, 3.63) is 573 Å². The topological polar surface area (TPSA) is 3.24 Å². The second-order valence-electron chi connectivity index (χ2n) is 36.1. The van der Waals surface area contributed by atoms with Crippen molar-refractivity contribution in [2.24, 2.45) is 0 Å². The van der Waals surface area contributed by atoms with Gasteiger partial charge < -0.3 is 4.90 Å². The molecule has 0 saturated heterocycles. The first-order chi connectivity index (χ1) is 69.2. The zero-order valence-corrected chi connectivity index (χ0v) is 80.5. The highest BCUT2D eigenvalue weighted by molar-refractivity contribution is 6.17. The van der Waals surface area contributed by atoms with Crippen molar-refractivity contribution in [1.82, 2.24) is 0 Å². The lowest BCUT2D eigenvalue weighted by Gasteiger charge is -2.26. The third-order valence-electron chi connectivity index (χ3n) is 27.4. The molecule has 20 aromatic carbocycles. The fourth-order valence-corrected chi connectivity index (χ4v) is 19.0. The minimum absolute atomic E-state index is 1.00. The SMILES string of the molecule is C=Cc1ccc(-c2cc3cc4cc(-c5ccc(C=C)cc5)c(-c5ccc(C=C)cc5)cc4cc3cc2-c2ccc(C=C)cc2)cc1.C=Cc1ccc(-c2ccc(-c3ccc(C=C)cc3)c3cc4c(-c5ccc(CC)cc5)ccc(-c5ccc(C=C)cc5)c4cc23)cc1.C=Cc1ccc(CCc2ccc(N(c3ccc(CCc4ccc(C=C)cc4)cc3)c3ccc(CCc4ccc(C=C)cc4)cc3)cc2)cc1. The number of anilines is 3. The molecule has 0 aliphatic rings. The Bertz CT molecular complexity index is 7390. The van der Waals surface area contributed by atoms with E-state index in [0.29, 0.717) is 0 Å². The molecule has 0 radical (unpaired) electrons. The number of nitrogens with zero attached hydrogens (tertiary/aromatic N) is 1. The average Bonchev–Trinajstić information content (AvgIpc) is 0.732. The van der Waals surface area contributed by atoms with E-state index in [1.165, 1.54) is 171 Å². The minimum atomic E-state index is 1.00. The Kier molecular flexibility index (Phi) is 29.5. The van der Waals surface area contributed by atoms with Crippen molar-refractivity contribution in [2.75, 3.05) is 4.90 Å². The molecule has 680 valence electrons. The van der Waals surface area contributed by atoms with Gasteiger partial charge in [-0.15, -0.1) is 0 Å². The summed E-state index contributed by atoms with van der Waals surface area (Å²) in [5.74, 6) is 0. The van der Waals surface area contributed by atoms with Crippen LogP contribution in [0.5, 0.6) is 0 Å². The van der Waals surface area contributed by atoms with Crippen molar-refractivity contribution in [1.29, 1.82) is 0 Å². The summed E-state index contributed by atoms with van der Waals surface area (Å²) in [4.78, 5) is 2.37. The molecule has 0 aliphatic carbocycles. The van der Waals surface area contributed by atoms with Crippen molar-refractivity contribution < 1.29 is 0 Å². The summed E-state index contributed by atoms with van der Waals surface area (Å²) in [6, 6.07) is 151. The van der Waals surface area contributed by atoms with Gasteiger partial charge >= 0.3 is 0 Å². The van der Waals surface area contributed by atoms with Crippen LogP contribution in [0, 0.1) is 0 Å². The lowest BCUT2D eigenvalue weighted by molar-refractivity contribution is 0.957. The number of aryl methyl sites for hydroxylation is 7. The molecule has 0 fully saturated rings. The van der Waals surface area contributed by atoms with Crippen LogP contribution in [0.3, 0.4) is 0 Å². The Hall–Kier alpha value is -17.4. The predicted octanol–water partition coefficient (Wildman–Crippen LogP) is 38.8. The van der Waals surface area contributed by atoms with E-state index >= 15 is 0 Å². The molecule has 1 nitrogen and oxygen atoms in total. The van der Waals surface area contributed by atoms with Crippen molar-refractivity contribution >= 4 is 121 Å². The first-order valence-electron chi connectivity index (χ1n) is 48.8. The Labute approximate surface area is 833 Å². The molecule has 20 rings (SSSR count). The largest absolute Gasteiger partial charge is 0.311 e. The Morgan fingerprint density at radius 3 is 0.475 bits per heavy atom. The summed E-state index contributed by atoms with van der Waals surface area (Å²) < 4.78 is 0. The fourth-order valence-electron chi connectivity index (χ4n) is 19.0. The first-order valence-corrected chi connectivity index (χ1v) is 48.8. The quantitative estimate of drug-likeness (QED) is 0.0392. The van der Waals surface area contributed by atoms with Crippen LogP contribution in [0.25, 0.3) is 193 Å². The minimum Gasteiger partial charge on any atom is -0.311 e. The van der Waals surface area contributed by atoms with Crippen molar-refractivity contribution in [2.45, 2.75) is 51.9 Å². The van der Waals surface area contributed by atoms with Gasteiger partial charge in [-0.25, -0.2) is 0 Å². The maximum atomic E-state index is 3.96. The Balaban J connectivity index is 0.000000140. The maximum Gasteiger partial charge on any atom is 0.0461 e. The summed E-state index contributed by atoms with van der Waals surface area (Å²) in [5, 5.41) is 9.76. The van der Waals surface area contributed by atoms with Crippen molar-refractivity contribution in [3.8, 4) is 89.0 Å². The maximum absolute atomic E-state index is 3.96. The molecule has 0 atom stereocenters.